The lowest BCUT2D eigenvalue weighted by atomic mass is 10.1. The molecule has 26 heavy (non-hydrogen) atoms. The molecular weight excluding hydrogens is 349 g/mol. The number of amides is 2. The largest absolute Gasteiger partial charge is 0.451 e. The summed E-state index contributed by atoms with van der Waals surface area (Å²) in [5, 5.41) is 5.15. The van der Waals surface area contributed by atoms with Crippen LogP contribution in [0, 0.1) is 0 Å². The Bertz CT molecular complexity index is 960. The summed E-state index contributed by atoms with van der Waals surface area (Å²) < 4.78 is 45.2. The number of hydrogen-bond acceptors (Lipinski definition) is 3. The van der Waals surface area contributed by atoms with Crippen LogP contribution in [0.2, 0.25) is 0 Å². The molecule has 0 radical (unpaired) electrons. The summed E-state index contributed by atoms with van der Waals surface area (Å²) in [6, 6.07) is 11.4. The smallest absolute Gasteiger partial charge is 0.418 e. The van der Waals surface area contributed by atoms with Gasteiger partial charge in [0.25, 0.3) is 5.91 Å². The molecule has 134 valence electrons. The van der Waals surface area contributed by atoms with Crippen molar-refractivity contribution in [2.24, 2.45) is 0 Å². The van der Waals surface area contributed by atoms with Crippen LogP contribution in [0.3, 0.4) is 0 Å². The molecule has 1 heterocycles. The van der Waals surface area contributed by atoms with Crippen LogP contribution in [-0.2, 0) is 11.0 Å². The van der Waals surface area contributed by atoms with Crippen LogP contribution in [-0.4, -0.2) is 11.8 Å². The molecule has 0 aliphatic carbocycles. The van der Waals surface area contributed by atoms with Gasteiger partial charge in [-0.05, 0) is 30.3 Å². The number of para-hydroxylation sites is 1. The lowest BCUT2D eigenvalue weighted by molar-refractivity contribution is -0.137. The standard InChI is InChI=1S/C18H13F3N2O3/c1-10(24)22-12-6-7-14(13(9-12)18(19,20)21)23-17(25)16-8-11-4-2-3-5-15(11)26-16/h2-9H,1H3,(H,22,24)(H,23,25). The summed E-state index contributed by atoms with van der Waals surface area (Å²) in [6.07, 6.45) is -4.72. The van der Waals surface area contributed by atoms with E-state index in [0.29, 0.717) is 11.0 Å². The predicted molar refractivity (Wildman–Crippen MR) is 89.9 cm³/mol. The number of fused-ring (bicyclic) bond motifs is 1. The summed E-state index contributed by atoms with van der Waals surface area (Å²) >= 11 is 0. The molecule has 3 rings (SSSR count). The Morgan fingerprint density at radius 3 is 2.38 bits per heavy atom. The molecule has 0 aliphatic heterocycles. The van der Waals surface area contributed by atoms with Crippen LogP contribution in [0.5, 0.6) is 0 Å². The number of hydrogen-bond donors (Lipinski definition) is 2. The van der Waals surface area contributed by atoms with Crippen LogP contribution in [0.15, 0.2) is 52.9 Å². The summed E-state index contributed by atoms with van der Waals surface area (Å²) in [5.41, 5.74) is -1.08. The molecule has 0 atom stereocenters. The highest BCUT2D eigenvalue weighted by Crippen LogP contribution is 2.37. The molecular formula is C18H13F3N2O3. The molecule has 5 nitrogen and oxygen atoms in total. The number of carbonyl (C=O) groups excluding carboxylic acids is 2. The zero-order valence-electron chi connectivity index (χ0n) is 13.5. The predicted octanol–water partition coefficient (Wildman–Crippen LogP) is 4.66. The van der Waals surface area contributed by atoms with Crippen molar-refractivity contribution in [1.82, 2.24) is 0 Å². The monoisotopic (exact) mass is 362 g/mol. The van der Waals surface area contributed by atoms with Gasteiger partial charge in [0, 0.05) is 18.0 Å². The first-order chi connectivity index (χ1) is 12.2. The van der Waals surface area contributed by atoms with Crippen molar-refractivity contribution in [2.45, 2.75) is 13.1 Å². The van der Waals surface area contributed by atoms with Gasteiger partial charge < -0.3 is 15.1 Å². The van der Waals surface area contributed by atoms with Gasteiger partial charge in [-0.2, -0.15) is 13.2 Å². The van der Waals surface area contributed by atoms with Crippen molar-refractivity contribution >= 4 is 34.2 Å². The van der Waals surface area contributed by atoms with Crippen LogP contribution < -0.4 is 10.6 Å². The minimum Gasteiger partial charge on any atom is -0.451 e. The van der Waals surface area contributed by atoms with E-state index < -0.39 is 29.2 Å². The maximum atomic E-state index is 13.3. The molecule has 2 aromatic carbocycles. The lowest BCUT2D eigenvalue weighted by Gasteiger charge is -2.15. The number of anilines is 2. The third-order valence-corrected chi connectivity index (χ3v) is 3.54. The number of halogens is 3. The average molecular weight is 362 g/mol. The Morgan fingerprint density at radius 2 is 1.73 bits per heavy atom. The van der Waals surface area contributed by atoms with Crippen molar-refractivity contribution in [3.05, 3.63) is 59.9 Å². The zero-order chi connectivity index (χ0) is 18.9. The van der Waals surface area contributed by atoms with Crippen molar-refractivity contribution in [1.29, 1.82) is 0 Å². The van der Waals surface area contributed by atoms with E-state index >= 15 is 0 Å². The van der Waals surface area contributed by atoms with Crippen molar-refractivity contribution < 1.29 is 27.2 Å². The molecule has 3 aromatic rings. The Hall–Kier alpha value is -3.29. The van der Waals surface area contributed by atoms with Gasteiger partial charge in [-0.1, -0.05) is 18.2 Å². The Labute approximate surface area is 145 Å². The minimum absolute atomic E-state index is 0.0217. The molecule has 0 unspecified atom stereocenters. The van der Waals surface area contributed by atoms with Gasteiger partial charge in [0.05, 0.1) is 11.3 Å². The molecule has 2 N–H and O–H groups in total. The van der Waals surface area contributed by atoms with Crippen LogP contribution in [0.4, 0.5) is 24.5 Å². The summed E-state index contributed by atoms with van der Waals surface area (Å²) in [6.45, 7) is 1.19. The van der Waals surface area contributed by atoms with Crippen molar-refractivity contribution in [3.63, 3.8) is 0 Å². The van der Waals surface area contributed by atoms with Crippen molar-refractivity contribution in [2.75, 3.05) is 10.6 Å². The van der Waals surface area contributed by atoms with E-state index in [2.05, 4.69) is 10.6 Å². The quantitative estimate of drug-likeness (QED) is 0.712. The van der Waals surface area contributed by atoms with Crippen molar-refractivity contribution in [3.8, 4) is 0 Å². The first-order valence-electron chi connectivity index (χ1n) is 7.53. The fourth-order valence-electron chi connectivity index (χ4n) is 2.45. The summed E-state index contributed by atoms with van der Waals surface area (Å²) in [5.74, 6) is -1.42. The maximum absolute atomic E-state index is 13.3. The highest BCUT2D eigenvalue weighted by molar-refractivity contribution is 6.05. The number of furan rings is 1. The van der Waals surface area contributed by atoms with Gasteiger partial charge >= 0.3 is 6.18 Å². The number of carbonyl (C=O) groups is 2. The van der Waals surface area contributed by atoms with E-state index in [1.54, 1.807) is 24.3 Å². The number of benzene rings is 2. The normalized spacial score (nSPS) is 11.4. The average Bonchev–Trinajstić information content (AvgIpc) is 2.99. The Balaban J connectivity index is 1.92. The van der Waals surface area contributed by atoms with E-state index in [4.69, 9.17) is 4.42 Å². The first kappa shape index (κ1) is 17.5. The molecule has 2 amide bonds. The fourth-order valence-corrected chi connectivity index (χ4v) is 2.45. The van der Waals surface area contributed by atoms with E-state index in [-0.39, 0.29) is 11.4 Å². The molecule has 0 spiro atoms. The number of alkyl halides is 3. The van der Waals surface area contributed by atoms with Gasteiger partial charge in [0.1, 0.15) is 5.58 Å². The van der Waals surface area contributed by atoms with Crippen LogP contribution in [0.25, 0.3) is 11.0 Å². The van der Waals surface area contributed by atoms with E-state index in [1.807, 2.05) is 0 Å². The zero-order valence-corrected chi connectivity index (χ0v) is 13.5. The second kappa shape index (κ2) is 6.55. The lowest BCUT2D eigenvalue weighted by Crippen LogP contribution is -2.17. The molecule has 0 saturated heterocycles. The van der Waals surface area contributed by atoms with E-state index in [0.717, 1.165) is 12.1 Å². The van der Waals surface area contributed by atoms with E-state index in [1.165, 1.54) is 19.1 Å². The van der Waals surface area contributed by atoms with Crippen LogP contribution in [0.1, 0.15) is 23.0 Å². The van der Waals surface area contributed by atoms with Gasteiger partial charge in [0.2, 0.25) is 5.91 Å². The second-order valence-corrected chi connectivity index (χ2v) is 5.54. The maximum Gasteiger partial charge on any atom is 0.418 e. The molecule has 0 fully saturated rings. The second-order valence-electron chi connectivity index (χ2n) is 5.54. The highest BCUT2D eigenvalue weighted by atomic mass is 19.4. The van der Waals surface area contributed by atoms with Gasteiger partial charge in [-0.25, -0.2) is 0 Å². The van der Waals surface area contributed by atoms with Gasteiger partial charge in [0.15, 0.2) is 5.76 Å². The number of nitrogens with one attached hydrogen (secondary N) is 2. The fraction of sp³-hybridized carbons (Fsp3) is 0.111. The Kier molecular flexibility index (Phi) is 4.41. The third-order valence-electron chi connectivity index (χ3n) is 3.54. The summed E-state index contributed by atoms with van der Waals surface area (Å²) in [7, 11) is 0. The highest BCUT2D eigenvalue weighted by Gasteiger charge is 2.34. The number of rotatable bonds is 3. The third kappa shape index (κ3) is 3.69. The Morgan fingerprint density at radius 1 is 1.00 bits per heavy atom. The van der Waals surface area contributed by atoms with Crippen LogP contribution >= 0.6 is 0 Å². The molecule has 0 saturated carbocycles. The van der Waals surface area contributed by atoms with Gasteiger partial charge in [-0.15, -0.1) is 0 Å². The van der Waals surface area contributed by atoms with Gasteiger partial charge in [-0.3, -0.25) is 9.59 Å². The molecule has 1 aromatic heterocycles. The van der Waals surface area contributed by atoms with E-state index in [9.17, 15) is 22.8 Å². The topological polar surface area (TPSA) is 71.3 Å². The minimum atomic E-state index is -4.72. The molecule has 8 heteroatoms. The SMILES string of the molecule is CC(=O)Nc1ccc(NC(=O)c2cc3ccccc3o2)c(C(F)(F)F)c1. The first-order valence-corrected chi connectivity index (χ1v) is 7.53. The molecule has 0 bridgehead atoms. The molecule has 0 aliphatic rings. The summed E-state index contributed by atoms with van der Waals surface area (Å²) in [4.78, 5) is 23.3.